The fourth-order valence-corrected chi connectivity index (χ4v) is 1.57. The molecule has 0 bridgehead atoms. The Morgan fingerprint density at radius 1 is 1.38 bits per heavy atom. The standard InChI is InChI=1S/C12H14S/c1-4-12(13-3)9-11-8-6-5-7-10(11)2/h4-9H,2H2,1,3H3/b11-9-,12-4+. The van der Waals surface area contributed by atoms with E-state index in [4.69, 9.17) is 0 Å². The van der Waals surface area contributed by atoms with Gasteiger partial charge in [-0.25, -0.2) is 0 Å². The summed E-state index contributed by atoms with van der Waals surface area (Å²) in [5.41, 5.74) is 0. The van der Waals surface area contributed by atoms with Gasteiger partial charge in [0.05, 0.1) is 0 Å². The quantitative estimate of drug-likeness (QED) is 0.688. The highest BCUT2D eigenvalue weighted by Gasteiger charge is 1.86. The monoisotopic (exact) mass is 190 g/mol. The molecular weight excluding hydrogens is 176 g/mol. The highest BCUT2D eigenvalue weighted by Crippen LogP contribution is 2.11. The molecule has 1 heteroatoms. The van der Waals surface area contributed by atoms with Crippen molar-refractivity contribution in [2.45, 2.75) is 6.92 Å². The van der Waals surface area contributed by atoms with Crippen LogP contribution < -0.4 is 10.4 Å². The lowest BCUT2D eigenvalue weighted by atomic mass is 10.2. The molecule has 1 rings (SSSR count). The Balaban J connectivity index is 3.22. The maximum absolute atomic E-state index is 3.97. The molecule has 0 aliphatic heterocycles. The van der Waals surface area contributed by atoms with Gasteiger partial charge < -0.3 is 0 Å². The smallest absolute Gasteiger partial charge is 0.00325 e. The molecule has 0 unspecified atom stereocenters. The van der Waals surface area contributed by atoms with E-state index < -0.39 is 0 Å². The Bertz CT molecular complexity index is 401. The van der Waals surface area contributed by atoms with E-state index >= 15 is 0 Å². The Labute approximate surface area is 83.7 Å². The van der Waals surface area contributed by atoms with Crippen molar-refractivity contribution >= 4 is 24.4 Å². The van der Waals surface area contributed by atoms with Crippen LogP contribution in [0, 0.1) is 0 Å². The predicted octanol–water partition coefficient (Wildman–Crippen LogP) is 2.14. The minimum Gasteiger partial charge on any atom is -0.130 e. The van der Waals surface area contributed by atoms with Gasteiger partial charge in [-0.2, -0.15) is 0 Å². The van der Waals surface area contributed by atoms with Gasteiger partial charge >= 0.3 is 0 Å². The first-order chi connectivity index (χ1) is 6.27. The van der Waals surface area contributed by atoms with Crippen LogP contribution in [0.2, 0.25) is 0 Å². The second-order valence-corrected chi connectivity index (χ2v) is 3.62. The molecule has 0 N–H and O–H groups in total. The van der Waals surface area contributed by atoms with Gasteiger partial charge in [-0.3, -0.25) is 0 Å². The average molecular weight is 190 g/mol. The zero-order valence-electron chi connectivity index (χ0n) is 8.08. The largest absolute Gasteiger partial charge is 0.130 e. The molecule has 0 nitrogen and oxygen atoms in total. The summed E-state index contributed by atoms with van der Waals surface area (Å²) in [7, 11) is 0. The molecule has 0 amide bonds. The summed E-state index contributed by atoms with van der Waals surface area (Å²) in [6.45, 7) is 6.02. The van der Waals surface area contributed by atoms with Crippen molar-refractivity contribution in [3.8, 4) is 0 Å². The van der Waals surface area contributed by atoms with Crippen LogP contribution in [0.15, 0.2) is 35.2 Å². The molecular formula is C12H14S. The molecule has 0 heterocycles. The molecule has 1 aromatic rings. The fourth-order valence-electron chi connectivity index (χ4n) is 1.09. The lowest BCUT2D eigenvalue weighted by Crippen LogP contribution is -2.21. The van der Waals surface area contributed by atoms with E-state index in [0.29, 0.717) is 0 Å². The number of benzene rings is 1. The molecule has 0 spiro atoms. The Morgan fingerprint density at radius 3 is 2.62 bits per heavy atom. The van der Waals surface area contributed by atoms with Crippen molar-refractivity contribution in [2.24, 2.45) is 0 Å². The van der Waals surface area contributed by atoms with Gasteiger partial charge in [0.25, 0.3) is 0 Å². The molecule has 0 aliphatic carbocycles. The van der Waals surface area contributed by atoms with E-state index in [2.05, 4.69) is 31.1 Å². The predicted molar refractivity (Wildman–Crippen MR) is 63.0 cm³/mol. The third-order valence-corrected chi connectivity index (χ3v) is 2.70. The summed E-state index contributed by atoms with van der Waals surface area (Å²) in [6.07, 6.45) is 6.35. The Morgan fingerprint density at radius 2 is 2.08 bits per heavy atom. The molecule has 13 heavy (non-hydrogen) atoms. The van der Waals surface area contributed by atoms with E-state index in [9.17, 15) is 0 Å². The highest BCUT2D eigenvalue weighted by atomic mass is 32.2. The maximum atomic E-state index is 3.97. The molecule has 0 saturated carbocycles. The van der Waals surface area contributed by atoms with Crippen LogP contribution in [0.5, 0.6) is 0 Å². The SMILES string of the molecule is C=c1cccc/c1=C/C(=C\C)SC. The van der Waals surface area contributed by atoms with Gasteiger partial charge in [0, 0.05) is 4.91 Å². The topological polar surface area (TPSA) is 0 Å². The van der Waals surface area contributed by atoms with Crippen molar-refractivity contribution in [1.29, 1.82) is 0 Å². The highest BCUT2D eigenvalue weighted by molar-refractivity contribution is 8.02. The zero-order valence-corrected chi connectivity index (χ0v) is 8.90. The number of thioether (sulfide) groups is 1. The number of allylic oxidation sites excluding steroid dienone is 2. The number of rotatable bonds is 2. The lowest BCUT2D eigenvalue weighted by molar-refractivity contribution is 1.53. The second kappa shape index (κ2) is 4.93. The van der Waals surface area contributed by atoms with E-state index in [-0.39, 0.29) is 0 Å². The number of hydrogen-bond donors (Lipinski definition) is 0. The minimum atomic E-state index is 1.08. The summed E-state index contributed by atoms with van der Waals surface area (Å²) in [5.74, 6) is 0. The van der Waals surface area contributed by atoms with Crippen molar-refractivity contribution in [3.63, 3.8) is 0 Å². The first-order valence-electron chi connectivity index (χ1n) is 4.24. The summed E-state index contributed by atoms with van der Waals surface area (Å²) in [5, 5.41) is 2.28. The minimum absolute atomic E-state index is 1.08. The lowest BCUT2D eigenvalue weighted by Gasteiger charge is -1.94. The van der Waals surface area contributed by atoms with Crippen LogP contribution in [0.25, 0.3) is 12.7 Å². The van der Waals surface area contributed by atoms with Crippen molar-refractivity contribution in [1.82, 2.24) is 0 Å². The van der Waals surface area contributed by atoms with Crippen LogP contribution in [-0.2, 0) is 0 Å². The first kappa shape index (κ1) is 10.1. The van der Waals surface area contributed by atoms with Gasteiger partial charge in [-0.05, 0) is 29.7 Å². The first-order valence-corrected chi connectivity index (χ1v) is 5.46. The van der Waals surface area contributed by atoms with Gasteiger partial charge in [0.2, 0.25) is 0 Å². The van der Waals surface area contributed by atoms with Crippen LogP contribution in [0.4, 0.5) is 0 Å². The summed E-state index contributed by atoms with van der Waals surface area (Å²) >= 11 is 1.75. The Kier molecular flexibility index (Phi) is 3.84. The number of hydrogen-bond acceptors (Lipinski definition) is 1. The zero-order chi connectivity index (χ0) is 9.68. The normalized spacial score (nSPS) is 13.4. The molecule has 0 fully saturated rings. The van der Waals surface area contributed by atoms with Crippen LogP contribution in [-0.4, -0.2) is 6.26 Å². The maximum Gasteiger partial charge on any atom is 0.00325 e. The van der Waals surface area contributed by atoms with Crippen LogP contribution in [0.3, 0.4) is 0 Å². The Hall–Kier alpha value is -0.950. The van der Waals surface area contributed by atoms with E-state index in [0.717, 1.165) is 5.22 Å². The average Bonchev–Trinajstić information content (AvgIpc) is 2.17. The molecule has 1 aromatic carbocycles. The molecule has 68 valence electrons. The van der Waals surface area contributed by atoms with E-state index in [1.807, 2.05) is 25.1 Å². The van der Waals surface area contributed by atoms with Crippen LogP contribution in [0.1, 0.15) is 6.92 Å². The second-order valence-electron chi connectivity index (χ2n) is 2.74. The van der Waals surface area contributed by atoms with Crippen molar-refractivity contribution < 1.29 is 0 Å². The van der Waals surface area contributed by atoms with Crippen LogP contribution >= 0.6 is 11.8 Å². The van der Waals surface area contributed by atoms with Gasteiger partial charge in [-0.1, -0.05) is 36.9 Å². The van der Waals surface area contributed by atoms with Gasteiger partial charge in [0.1, 0.15) is 0 Å². The molecule has 0 saturated heterocycles. The summed E-state index contributed by atoms with van der Waals surface area (Å²) < 4.78 is 0. The fraction of sp³-hybridized carbons (Fsp3) is 0.167. The van der Waals surface area contributed by atoms with Gasteiger partial charge in [-0.15, -0.1) is 11.8 Å². The third-order valence-electron chi connectivity index (χ3n) is 1.87. The molecule has 0 atom stereocenters. The molecule has 0 radical (unpaired) electrons. The van der Waals surface area contributed by atoms with E-state index in [1.165, 1.54) is 10.1 Å². The van der Waals surface area contributed by atoms with E-state index in [1.54, 1.807) is 11.8 Å². The van der Waals surface area contributed by atoms with Crippen molar-refractivity contribution in [2.75, 3.05) is 6.26 Å². The molecule has 0 aliphatic rings. The summed E-state index contributed by atoms with van der Waals surface area (Å²) in [6, 6.07) is 8.16. The third kappa shape index (κ3) is 2.78. The molecule has 0 aromatic heterocycles. The van der Waals surface area contributed by atoms with Gasteiger partial charge in [0.15, 0.2) is 0 Å². The van der Waals surface area contributed by atoms with Crippen molar-refractivity contribution in [3.05, 3.63) is 45.7 Å². The summed E-state index contributed by atoms with van der Waals surface area (Å²) in [4.78, 5) is 1.27.